The van der Waals surface area contributed by atoms with E-state index in [0.717, 1.165) is 0 Å². The topological polar surface area (TPSA) is 37.3 Å². The standard InChI is InChI=1S/C5H10O2.Ca/c1-5(2,3)4(6)7;/h1-3H3,(H,6,7);/q;+2. The Kier molecular flexibility index (Phi) is 5.32. The Bertz CT molecular complexity index is 82.9. The van der Waals surface area contributed by atoms with Crippen LogP contribution in [0.5, 0.6) is 0 Å². The van der Waals surface area contributed by atoms with E-state index in [9.17, 15) is 4.79 Å². The number of hydrogen-bond donors (Lipinski definition) is 1. The molecule has 0 heterocycles. The van der Waals surface area contributed by atoms with Crippen molar-refractivity contribution < 1.29 is 9.90 Å². The summed E-state index contributed by atoms with van der Waals surface area (Å²) in [4.78, 5) is 10.0. The molecule has 0 unspecified atom stereocenters. The number of hydrogen-bond acceptors (Lipinski definition) is 1. The van der Waals surface area contributed by atoms with Gasteiger partial charge >= 0.3 is 43.7 Å². The van der Waals surface area contributed by atoms with Crippen LogP contribution in [0.15, 0.2) is 0 Å². The Morgan fingerprint density at radius 1 is 1.38 bits per heavy atom. The Balaban J connectivity index is 0. The summed E-state index contributed by atoms with van der Waals surface area (Å²) in [6.07, 6.45) is 0. The van der Waals surface area contributed by atoms with Crippen molar-refractivity contribution in [1.82, 2.24) is 0 Å². The number of carboxylic acid groups (broad SMARTS) is 1. The first-order valence-electron chi connectivity index (χ1n) is 2.18. The van der Waals surface area contributed by atoms with Gasteiger partial charge in [-0.2, -0.15) is 0 Å². The molecule has 0 spiro atoms. The van der Waals surface area contributed by atoms with E-state index in [-0.39, 0.29) is 37.7 Å². The molecular formula is C5H10CaO2+2. The fourth-order valence-corrected chi connectivity index (χ4v) is 0. The molecule has 0 aromatic heterocycles. The molecule has 0 saturated carbocycles. The molecule has 0 fully saturated rings. The second kappa shape index (κ2) is 3.70. The second-order valence-electron chi connectivity index (χ2n) is 2.56. The third kappa shape index (κ3) is 4.88. The molecule has 0 aliphatic rings. The Morgan fingerprint density at radius 3 is 1.50 bits per heavy atom. The van der Waals surface area contributed by atoms with Crippen LogP contribution in [0.1, 0.15) is 20.8 Å². The average molecular weight is 142 g/mol. The van der Waals surface area contributed by atoms with Crippen LogP contribution in [-0.4, -0.2) is 48.8 Å². The van der Waals surface area contributed by atoms with Gasteiger partial charge in [-0.15, -0.1) is 0 Å². The molecule has 0 saturated heterocycles. The van der Waals surface area contributed by atoms with Crippen LogP contribution < -0.4 is 0 Å². The van der Waals surface area contributed by atoms with Crippen LogP contribution in [0, 0.1) is 5.41 Å². The van der Waals surface area contributed by atoms with Crippen LogP contribution >= 0.6 is 0 Å². The number of carbonyl (C=O) groups is 1. The van der Waals surface area contributed by atoms with Gasteiger partial charge in [-0.25, -0.2) is 0 Å². The monoisotopic (exact) mass is 142 g/mol. The SMILES string of the molecule is CC(C)(C)C(=O)O.[Ca+2]. The summed E-state index contributed by atoms with van der Waals surface area (Å²) in [5.74, 6) is -0.757. The summed E-state index contributed by atoms with van der Waals surface area (Å²) in [5, 5.41) is 8.25. The molecule has 0 atom stereocenters. The summed E-state index contributed by atoms with van der Waals surface area (Å²) in [6.45, 7) is 4.99. The van der Waals surface area contributed by atoms with Crippen molar-refractivity contribution in [2.45, 2.75) is 20.8 Å². The predicted molar refractivity (Wildman–Crippen MR) is 32.8 cm³/mol. The molecule has 8 heavy (non-hydrogen) atoms. The van der Waals surface area contributed by atoms with Crippen LogP contribution in [0.25, 0.3) is 0 Å². The summed E-state index contributed by atoms with van der Waals surface area (Å²) in [7, 11) is 0. The van der Waals surface area contributed by atoms with Crippen molar-refractivity contribution in [3.63, 3.8) is 0 Å². The largest absolute Gasteiger partial charge is 2.00 e. The smallest absolute Gasteiger partial charge is 0.481 e. The van der Waals surface area contributed by atoms with E-state index >= 15 is 0 Å². The molecule has 0 amide bonds. The quantitative estimate of drug-likeness (QED) is 0.506. The zero-order valence-corrected chi connectivity index (χ0v) is 7.77. The predicted octanol–water partition coefficient (Wildman–Crippen LogP) is 0.736. The van der Waals surface area contributed by atoms with Crippen LogP contribution in [0.2, 0.25) is 0 Å². The molecule has 42 valence electrons. The van der Waals surface area contributed by atoms with Crippen molar-refractivity contribution in [1.29, 1.82) is 0 Å². The molecule has 2 nitrogen and oxygen atoms in total. The molecule has 0 rings (SSSR count). The zero-order chi connectivity index (χ0) is 6.08. The first-order chi connectivity index (χ1) is 2.94. The van der Waals surface area contributed by atoms with E-state index in [0.29, 0.717) is 0 Å². The minimum Gasteiger partial charge on any atom is -0.481 e. The van der Waals surface area contributed by atoms with E-state index in [1.807, 2.05) is 0 Å². The summed E-state index contributed by atoms with van der Waals surface area (Å²) < 4.78 is 0. The van der Waals surface area contributed by atoms with Gasteiger partial charge in [-0.3, -0.25) is 4.79 Å². The first kappa shape index (κ1) is 11.5. The summed E-state index contributed by atoms with van der Waals surface area (Å²) >= 11 is 0. The normalized spacial score (nSPS) is 9.88. The number of aliphatic carboxylic acids is 1. The minimum atomic E-state index is -0.757. The molecule has 0 aliphatic carbocycles. The van der Waals surface area contributed by atoms with Crippen LogP contribution in [-0.2, 0) is 4.79 Å². The van der Waals surface area contributed by atoms with Crippen molar-refractivity contribution in [3.05, 3.63) is 0 Å². The van der Waals surface area contributed by atoms with Gasteiger partial charge in [-0.1, -0.05) is 0 Å². The van der Waals surface area contributed by atoms with Gasteiger partial charge in [-0.05, 0) is 20.8 Å². The fourth-order valence-electron chi connectivity index (χ4n) is 0. The van der Waals surface area contributed by atoms with E-state index in [4.69, 9.17) is 5.11 Å². The van der Waals surface area contributed by atoms with E-state index in [1.54, 1.807) is 20.8 Å². The maximum Gasteiger partial charge on any atom is 2.00 e. The van der Waals surface area contributed by atoms with Gasteiger partial charge in [0.05, 0.1) is 5.41 Å². The van der Waals surface area contributed by atoms with Crippen LogP contribution in [0.3, 0.4) is 0 Å². The van der Waals surface area contributed by atoms with E-state index < -0.39 is 11.4 Å². The van der Waals surface area contributed by atoms with Gasteiger partial charge in [0.2, 0.25) is 0 Å². The molecular weight excluding hydrogens is 132 g/mol. The maximum absolute atomic E-state index is 10.0. The fraction of sp³-hybridized carbons (Fsp3) is 0.800. The Morgan fingerprint density at radius 2 is 1.50 bits per heavy atom. The maximum atomic E-state index is 10.0. The van der Waals surface area contributed by atoms with Crippen molar-refractivity contribution in [3.8, 4) is 0 Å². The van der Waals surface area contributed by atoms with Crippen molar-refractivity contribution in [2.75, 3.05) is 0 Å². The average Bonchev–Trinajstić information content (AvgIpc) is 1.31. The molecule has 0 aromatic carbocycles. The van der Waals surface area contributed by atoms with Gasteiger partial charge in [0.1, 0.15) is 0 Å². The Labute approximate surface area is 79.3 Å². The third-order valence-corrected chi connectivity index (χ3v) is 0.642. The van der Waals surface area contributed by atoms with Gasteiger partial charge in [0.25, 0.3) is 0 Å². The molecule has 0 radical (unpaired) electrons. The zero-order valence-electron chi connectivity index (χ0n) is 5.56. The summed E-state index contributed by atoms with van der Waals surface area (Å²) in [6, 6.07) is 0. The summed E-state index contributed by atoms with van der Waals surface area (Å²) in [5.41, 5.74) is -0.583. The van der Waals surface area contributed by atoms with Crippen molar-refractivity contribution >= 4 is 43.7 Å². The van der Waals surface area contributed by atoms with Crippen molar-refractivity contribution in [2.24, 2.45) is 5.41 Å². The second-order valence-corrected chi connectivity index (χ2v) is 2.56. The van der Waals surface area contributed by atoms with Gasteiger partial charge in [0.15, 0.2) is 0 Å². The first-order valence-corrected chi connectivity index (χ1v) is 2.18. The van der Waals surface area contributed by atoms with E-state index in [2.05, 4.69) is 0 Å². The van der Waals surface area contributed by atoms with E-state index in [1.165, 1.54) is 0 Å². The van der Waals surface area contributed by atoms with Gasteiger partial charge < -0.3 is 5.11 Å². The molecule has 3 heteroatoms. The number of carboxylic acids is 1. The van der Waals surface area contributed by atoms with Gasteiger partial charge in [0, 0.05) is 0 Å². The minimum absolute atomic E-state index is 0. The molecule has 0 aromatic rings. The van der Waals surface area contributed by atoms with Crippen LogP contribution in [0.4, 0.5) is 0 Å². The molecule has 0 aliphatic heterocycles. The molecule has 1 N–H and O–H groups in total. The Hall–Kier alpha value is 0.730. The third-order valence-electron chi connectivity index (χ3n) is 0.642. The number of rotatable bonds is 0. The molecule has 0 bridgehead atoms.